The van der Waals surface area contributed by atoms with Crippen molar-refractivity contribution in [3.63, 3.8) is 0 Å². The molecule has 0 heterocycles. The molecular formula is C32H46N4O2. The van der Waals surface area contributed by atoms with E-state index in [-0.39, 0.29) is 12.0 Å². The summed E-state index contributed by atoms with van der Waals surface area (Å²) in [7, 11) is 1.96. The van der Waals surface area contributed by atoms with Gasteiger partial charge in [-0.3, -0.25) is 9.79 Å². The highest BCUT2D eigenvalue weighted by Crippen LogP contribution is 2.23. The average Bonchev–Trinajstić information content (AvgIpc) is 2.94. The Hall–Kier alpha value is -3.22. The molecule has 0 aliphatic rings. The standard InChI is InChI=1S/C32H46N4O2/c1-7-10-21-36(32(37)25(4)26(5)35-31(8-2)34-9-3)23-27-15-14-16-28(22-27)24-38-30(19-20-33-6)29-17-12-11-13-18-29/h8,11-18,22,30,33H,2,7,9-10,19-21,23-24H2,1,3-6H3,(H,34,35)/b26-25+. The number of hydrogen-bond donors (Lipinski definition) is 2. The van der Waals surface area contributed by atoms with Crippen LogP contribution in [0.25, 0.3) is 0 Å². The highest BCUT2D eigenvalue weighted by Gasteiger charge is 2.18. The van der Waals surface area contributed by atoms with Gasteiger partial charge in [-0.25, -0.2) is 0 Å². The van der Waals surface area contributed by atoms with Crippen molar-refractivity contribution < 1.29 is 9.53 Å². The van der Waals surface area contributed by atoms with Gasteiger partial charge in [-0.1, -0.05) is 74.5 Å². The smallest absolute Gasteiger partial charge is 0.251 e. The first kappa shape index (κ1) is 31.0. The molecule has 1 unspecified atom stereocenters. The first-order valence-corrected chi connectivity index (χ1v) is 13.7. The Labute approximate surface area is 229 Å². The van der Waals surface area contributed by atoms with Crippen molar-refractivity contribution in [2.24, 2.45) is 4.99 Å². The second-order valence-corrected chi connectivity index (χ2v) is 9.44. The van der Waals surface area contributed by atoms with E-state index >= 15 is 0 Å². The molecule has 0 spiro atoms. The van der Waals surface area contributed by atoms with Crippen LogP contribution in [0.3, 0.4) is 0 Å². The summed E-state index contributed by atoms with van der Waals surface area (Å²) in [6, 6.07) is 18.7. The number of aliphatic imine (C=N–C) groups is 1. The molecule has 2 N–H and O–H groups in total. The Kier molecular flexibility index (Phi) is 14.1. The summed E-state index contributed by atoms with van der Waals surface area (Å²) in [5.74, 6) is 0.703. The van der Waals surface area contributed by atoms with Gasteiger partial charge in [-0.15, -0.1) is 0 Å². The maximum atomic E-state index is 13.5. The molecule has 0 saturated carbocycles. The fraction of sp³-hybridized carbons (Fsp3) is 0.438. The minimum absolute atomic E-state index is 0.0231. The molecule has 0 saturated heterocycles. The highest BCUT2D eigenvalue weighted by molar-refractivity contribution is 5.97. The zero-order chi connectivity index (χ0) is 27.8. The third-order valence-electron chi connectivity index (χ3n) is 6.43. The van der Waals surface area contributed by atoms with Gasteiger partial charge < -0.3 is 20.3 Å². The van der Waals surface area contributed by atoms with Crippen molar-refractivity contribution >= 4 is 11.7 Å². The quantitative estimate of drug-likeness (QED) is 0.158. The number of nitrogens with one attached hydrogen (secondary N) is 2. The SMILES string of the molecule is C=CC(=NCC)N/C(C)=C(\C)C(=O)N(CCCC)Cc1cccc(COC(CCNC)c2ccccc2)c1. The largest absolute Gasteiger partial charge is 0.369 e. The topological polar surface area (TPSA) is 66.0 Å². The van der Waals surface area contributed by atoms with Crippen LogP contribution < -0.4 is 10.6 Å². The molecule has 2 aromatic carbocycles. The van der Waals surface area contributed by atoms with E-state index in [2.05, 4.69) is 77.7 Å². The Morgan fingerprint density at radius 1 is 1.11 bits per heavy atom. The summed E-state index contributed by atoms with van der Waals surface area (Å²) in [6.07, 6.45) is 4.57. The van der Waals surface area contributed by atoms with Crippen LogP contribution in [-0.2, 0) is 22.7 Å². The molecule has 0 radical (unpaired) electrons. The first-order chi connectivity index (χ1) is 18.4. The van der Waals surface area contributed by atoms with E-state index in [1.165, 1.54) is 5.56 Å². The Morgan fingerprint density at radius 3 is 2.50 bits per heavy atom. The lowest BCUT2D eigenvalue weighted by molar-refractivity contribution is -0.127. The van der Waals surface area contributed by atoms with Gasteiger partial charge in [0.1, 0.15) is 5.84 Å². The third-order valence-corrected chi connectivity index (χ3v) is 6.43. The molecular weight excluding hydrogens is 472 g/mol. The normalized spacial score (nSPS) is 13.0. The van der Waals surface area contributed by atoms with E-state index in [9.17, 15) is 4.79 Å². The maximum Gasteiger partial charge on any atom is 0.251 e. The zero-order valence-electron chi connectivity index (χ0n) is 23.9. The molecule has 0 fully saturated rings. The molecule has 2 aromatic rings. The van der Waals surface area contributed by atoms with Crippen molar-refractivity contribution in [1.29, 1.82) is 0 Å². The average molecular weight is 519 g/mol. The number of rotatable bonds is 16. The lowest BCUT2D eigenvalue weighted by Crippen LogP contribution is -2.34. The fourth-order valence-electron chi connectivity index (χ4n) is 4.13. The molecule has 0 aliphatic carbocycles. The van der Waals surface area contributed by atoms with Crippen LogP contribution in [0.15, 0.2) is 83.5 Å². The van der Waals surface area contributed by atoms with Crippen molar-refractivity contribution in [3.05, 3.63) is 95.2 Å². The molecule has 1 atom stereocenters. The lowest BCUT2D eigenvalue weighted by atomic mass is 10.1. The highest BCUT2D eigenvalue weighted by atomic mass is 16.5. The number of carbonyl (C=O) groups is 1. The zero-order valence-corrected chi connectivity index (χ0v) is 23.9. The number of carbonyl (C=O) groups excluding carboxylic acids is 1. The second kappa shape index (κ2) is 17.3. The number of hydrogen-bond acceptors (Lipinski definition) is 4. The molecule has 38 heavy (non-hydrogen) atoms. The molecule has 1 amide bonds. The van der Waals surface area contributed by atoms with Gasteiger partial charge in [-0.05, 0) is 70.0 Å². The van der Waals surface area contributed by atoms with Crippen molar-refractivity contribution in [2.75, 3.05) is 26.7 Å². The lowest BCUT2D eigenvalue weighted by Gasteiger charge is -2.25. The van der Waals surface area contributed by atoms with Crippen LogP contribution in [0.5, 0.6) is 0 Å². The number of nitrogens with zero attached hydrogens (tertiary/aromatic N) is 2. The molecule has 206 valence electrons. The van der Waals surface area contributed by atoms with Crippen LogP contribution in [0.2, 0.25) is 0 Å². The van der Waals surface area contributed by atoms with Gasteiger partial charge >= 0.3 is 0 Å². The molecule has 2 rings (SSSR count). The van der Waals surface area contributed by atoms with Gasteiger partial charge in [0.05, 0.1) is 12.7 Å². The van der Waals surface area contributed by atoms with Gasteiger partial charge in [0.2, 0.25) is 0 Å². The summed E-state index contributed by atoms with van der Waals surface area (Å²) in [4.78, 5) is 19.8. The molecule has 0 aliphatic heterocycles. The first-order valence-electron chi connectivity index (χ1n) is 13.7. The predicted molar refractivity (Wildman–Crippen MR) is 159 cm³/mol. The number of allylic oxidation sites excluding steroid dienone is 1. The summed E-state index contributed by atoms with van der Waals surface area (Å²) < 4.78 is 6.37. The Bertz CT molecular complexity index is 1060. The van der Waals surface area contributed by atoms with Gasteiger partial charge in [0.25, 0.3) is 5.91 Å². The Balaban J connectivity index is 2.16. The summed E-state index contributed by atoms with van der Waals surface area (Å²) >= 11 is 0. The number of amides is 1. The van der Waals surface area contributed by atoms with Crippen molar-refractivity contribution in [3.8, 4) is 0 Å². The summed E-state index contributed by atoms with van der Waals surface area (Å²) in [5.41, 5.74) is 4.86. The van der Waals surface area contributed by atoms with Crippen LogP contribution >= 0.6 is 0 Å². The monoisotopic (exact) mass is 518 g/mol. The van der Waals surface area contributed by atoms with Crippen LogP contribution in [0.4, 0.5) is 0 Å². The second-order valence-electron chi connectivity index (χ2n) is 9.44. The summed E-state index contributed by atoms with van der Waals surface area (Å²) in [6.45, 7) is 15.0. The van der Waals surface area contributed by atoms with Crippen molar-refractivity contribution in [1.82, 2.24) is 15.5 Å². The van der Waals surface area contributed by atoms with Gasteiger partial charge in [-0.2, -0.15) is 0 Å². The minimum atomic E-state index is 0.0231. The molecule has 6 heteroatoms. The maximum absolute atomic E-state index is 13.5. The number of ether oxygens (including phenoxy) is 1. The van der Waals surface area contributed by atoms with Crippen LogP contribution in [0.1, 0.15) is 69.8 Å². The molecule has 6 nitrogen and oxygen atoms in total. The van der Waals surface area contributed by atoms with Crippen LogP contribution in [-0.4, -0.2) is 43.3 Å². The molecule has 0 bridgehead atoms. The van der Waals surface area contributed by atoms with E-state index in [1.54, 1.807) is 6.08 Å². The van der Waals surface area contributed by atoms with Crippen LogP contribution in [0, 0.1) is 0 Å². The number of amidine groups is 1. The molecule has 0 aromatic heterocycles. The fourth-order valence-corrected chi connectivity index (χ4v) is 4.13. The van der Waals surface area contributed by atoms with E-state index in [4.69, 9.17) is 4.74 Å². The number of benzene rings is 2. The van der Waals surface area contributed by atoms with Crippen molar-refractivity contribution in [2.45, 2.75) is 66.2 Å². The van der Waals surface area contributed by atoms with E-state index in [1.807, 2.05) is 38.8 Å². The third kappa shape index (κ3) is 10.3. The minimum Gasteiger partial charge on any atom is -0.369 e. The Morgan fingerprint density at radius 2 is 1.84 bits per heavy atom. The van der Waals surface area contributed by atoms with E-state index in [0.29, 0.717) is 37.6 Å². The predicted octanol–water partition coefficient (Wildman–Crippen LogP) is 6.17. The van der Waals surface area contributed by atoms with Gasteiger partial charge in [0, 0.05) is 30.9 Å². The van der Waals surface area contributed by atoms with Gasteiger partial charge in [0.15, 0.2) is 0 Å². The number of unbranched alkanes of at least 4 members (excludes halogenated alkanes) is 1. The summed E-state index contributed by atoms with van der Waals surface area (Å²) in [5, 5.41) is 6.45. The van der Waals surface area contributed by atoms with E-state index < -0.39 is 0 Å². The van der Waals surface area contributed by atoms with E-state index in [0.717, 1.165) is 42.6 Å².